The van der Waals surface area contributed by atoms with E-state index in [0.717, 1.165) is 18.6 Å². The second-order valence-corrected chi connectivity index (χ2v) is 6.06. The maximum Gasteiger partial charge on any atom is 0.407 e. The summed E-state index contributed by atoms with van der Waals surface area (Å²) in [6.07, 6.45) is 2.31. The van der Waals surface area contributed by atoms with Gasteiger partial charge in [-0.1, -0.05) is 17.7 Å². The fourth-order valence-electron chi connectivity index (χ4n) is 2.70. The van der Waals surface area contributed by atoms with Gasteiger partial charge in [0.1, 0.15) is 5.75 Å². The van der Waals surface area contributed by atoms with Gasteiger partial charge in [-0.25, -0.2) is 4.79 Å². The molecular formula is C18H26N2O4. The number of hydrogen-bond donors (Lipinski definition) is 1. The SMILES string of the molecule is COC(=O)NC1CCN(C(=O)CCCOc2ccc(C)cc2)CC1. The summed E-state index contributed by atoms with van der Waals surface area (Å²) >= 11 is 0. The third kappa shape index (κ3) is 5.76. The van der Waals surface area contributed by atoms with Crippen LogP contribution in [0.1, 0.15) is 31.2 Å². The molecule has 6 heteroatoms. The third-order valence-corrected chi connectivity index (χ3v) is 4.18. The van der Waals surface area contributed by atoms with Crippen LogP contribution < -0.4 is 10.1 Å². The van der Waals surface area contributed by atoms with Crippen LogP contribution in [-0.4, -0.2) is 49.7 Å². The normalized spacial score (nSPS) is 15.0. The molecular weight excluding hydrogens is 308 g/mol. The lowest BCUT2D eigenvalue weighted by atomic mass is 10.0. The number of piperidine rings is 1. The van der Waals surface area contributed by atoms with E-state index in [9.17, 15) is 9.59 Å². The van der Waals surface area contributed by atoms with Crippen LogP contribution in [0, 0.1) is 6.92 Å². The number of likely N-dealkylation sites (tertiary alicyclic amines) is 1. The molecule has 1 N–H and O–H groups in total. The smallest absolute Gasteiger partial charge is 0.407 e. The molecule has 0 saturated carbocycles. The zero-order valence-corrected chi connectivity index (χ0v) is 14.4. The number of carbonyl (C=O) groups is 2. The van der Waals surface area contributed by atoms with Crippen molar-refractivity contribution >= 4 is 12.0 Å². The van der Waals surface area contributed by atoms with Gasteiger partial charge in [0.2, 0.25) is 5.91 Å². The van der Waals surface area contributed by atoms with Gasteiger partial charge in [0, 0.05) is 25.6 Å². The summed E-state index contributed by atoms with van der Waals surface area (Å²) < 4.78 is 10.2. The van der Waals surface area contributed by atoms with Crippen LogP contribution in [0.25, 0.3) is 0 Å². The molecule has 0 atom stereocenters. The molecule has 1 fully saturated rings. The Morgan fingerprint density at radius 3 is 2.50 bits per heavy atom. The quantitative estimate of drug-likeness (QED) is 0.812. The highest BCUT2D eigenvalue weighted by molar-refractivity contribution is 5.76. The average molecular weight is 334 g/mol. The monoisotopic (exact) mass is 334 g/mol. The van der Waals surface area contributed by atoms with Gasteiger partial charge >= 0.3 is 6.09 Å². The van der Waals surface area contributed by atoms with Crippen LogP contribution in [0.2, 0.25) is 0 Å². The summed E-state index contributed by atoms with van der Waals surface area (Å²) in [5.74, 6) is 0.988. The van der Waals surface area contributed by atoms with E-state index < -0.39 is 6.09 Å². The number of benzene rings is 1. The molecule has 1 aromatic rings. The molecule has 0 unspecified atom stereocenters. The third-order valence-electron chi connectivity index (χ3n) is 4.18. The number of methoxy groups -OCH3 is 1. The lowest BCUT2D eigenvalue weighted by Crippen LogP contribution is -2.46. The van der Waals surface area contributed by atoms with Crippen LogP contribution in [-0.2, 0) is 9.53 Å². The van der Waals surface area contributed by atoms with Crippen molar-refractivity contribution in [1.29, 1.82) is 0 Å². The second kappa shape index (κ2) is 9.15. The molecule has 0 bridgehead atoms. The first-order valence-corrected chi connectivity index (χ1v) is 8.40. The Kier molecular flexibility index (Phi) is 6.90. The van der Waals surface area contributed by atoms with Gasteiger partial charge in [0.15, 0.2) is 0 Å². The predicted octanol–water partition coefficient (Wildman–Crippen LogP) is 2.50. The summed E-state index contributed by atoms with van der Waals surface area (Å²) in [6, 6.07) is 7.98. The largest absolute Gasteiger partial charge is 0.494 e. The molecule has 1 heterocycles. The molecule has 0 aliphatic carbocycles. The molecule has 0 aromatic heterocycles. The van der Waals surface area contributed by atoms with E-state index in [4.69, 9.17) is 4.74 Å². The first-order valence-electron chi connectivity index (χ1n) is 8.40. The van der Waals surface area contributed by atoms with Crippen molar-refractivity contribution in [1.82, 2.24) is 10.2 Å². The van der Waals surface area contributed by atoms with Crippen molar-refractivity contribution in [2.45, 2.75) is 38.6 Å². The number of ether oxygens (including phenoxy) is 2. The standard InChI is InChI=1S/C18H26N2O4/c1-14-5-7-16(8-6-14)24-13-3-4-17(21)20-11-9-15(10-12-20)19-18(22)23-2/h5-8,15H,3-4,9-13H2,1-2H3,(H,19,22). The maximum atomic E-state index is 12.2. The zero-order valence-electron chi connectivity index (χ0n) is 14.4. The van der Waals surface area contributed by atoms with E-state index >= 15 is 0 Å². The fourth-order valence-corrected chi connectivity index (χ4v) is 2.70. The predicted molar refractivity (Wildman–Crippen MR) is 91.1 cm³/mol. The molecule has 1 aliphatic rings. The molecule has 0 radical (unpaired) electrons. The Bertz CT molecular complexity index is 536. The first kappa shape index (κ1) is 18.1. The van der Waals surface area contributed by atoms with Crippen molar-refractivity contribution in [2.75, 3.05) is 26.8 Å². The number of hydrogen-bond acceptors (Lipinski definition) is 4. The van der Waals surface area contributed by atoms with Gasteiger partial charge in [-0.05, 0) is 38.3 Å². The Morgan fingerprint density at radius 1 is 1.21 bits per heavy atom. The molecule has 132 valence electrons. The lowest BCUT2D eigenvalue weighted by molar-refractivity contribution is -0.132. The number of rotatable bonds is 6. The van der Waals surface area contributed by atoms with Crippen LogP contribution in [0.3, 0.4) is 0 Å². The minimum absolute atomic E-state index is 0.0892. The fraction of sp³-hybridized carbons (Fsp3) is 0.556. The summed E-state index contributed by atoms with van der Waals surface area (Å²) in [7, 11) is 1.35. The van der Waals surface area contributed by atoms with Crippen molar-refractivity contribution in [2.24, 2.45) is 0 Å². The van der Waals surface area contributed by atoms with Gasteiger partial charge in [-0.2, -0.15) is 0 Å². The van der Waals surface area contributed by atoms with E-state index in [0.29, 0.717) is 32.5 Å². The van der Waals surface area contributed by atoms with Gasteiger partial charge in [-0.3, -0.25) is 4.79 Å². The molecule has 1 saturated heterocycles. The number of nitrogens with one attached hydrogen (secondary N) is 1. The van der Waals surface area contributed by atoms with Crippen molar-refractivity contribution in [3.63, 3.8) is 0 Å². The first-order chi connectivity index (χ1) is 11.6. The number of alkyl carbamates (subject to hydrolysis) is 1. The van der Waals surface area contributed by atoms with Gasteiger partial charge in [0.05, 0.1) is 13.7 Å². The van der Waals surface area contributed by atoms with Crippen molar-refractivity contribution in [3.8, 4) is 5.75 Å². The Morgan fingerprint density at radius 2 is 1.88 bits per heavy atom. The summed E-state index contributed by atoms with van der Waals surface area (Å²) in [6.45, 7) is 3.92. The summed E-state index contributed by atoms with van der Waals surface area (Å²) in [5.41, 5.74) is 1.20. The molecule has 0 spiro atoms. The van der Waals surface area contributed by atoms with E-state index in [2.05, 4.69) is 10.1 Å². The van der Waals surface area contributed by atoms with Crippen molar-refractivity contribution in [3.05, 3.63) is 29.8 Å². The summed E-state index contributed by atoms with van der Waals surface area (Å²) in [5, 5.41) is 2.78. The van der Waals surface area contributed by atoms with Crippen LogP contribution in [0.4, 0.5) is 4.79 Å². The van der Waals surface area contributed by atoms with E-state index in [-0.39, 0.29) is 11.9 Å². The minimum Gasteiger partial charge on any atom is -0.494 e. The Labute approximate surface area is 143 Å². The highest BCUT2D eigenvalue weighted by Crippen LogP contribution is 2.14. The van der Waals surface area contributed by atoms with Gasteiger partial charge < -0.3 is 19.7 Å². The number of nitrogens with zero attached hydrogens (tertiary/aromatic N) is 1. The van der Waals surface area contributed by atoms with Gasteiger partial charge in [-0.15, -0.1) is 0 Å². The number of carbonyl (C=O) groups excluding carboxylic acids is 2. The van der Waals surface area contributed by atoms with Crippen LogP contribution in [0.5, 0.6) is 5.75 Å². The summed E-state index contributed by atoms with van der Waals surface area (Å²) in [4.78, 5) is 25.2. The minimum atomic E-state index is -0.409. The molecule has 6 nitrogen and oxygen atoms in total. The van der Waals surface area contributed by atoms with Gasteiger partial charge in [0.25, 0.3) is 0 Å². The van der Waals surface area contributed by atoms with Crippen molar-refractivity contribution < 1.29 is 19.1 Å². The van der Waals surface area contributed by atoms with Crippen LogP contribution >= 0.6 is 0 Å². The number of amides is 2. The second-order valence-electron chi connectivity index (χ2n) is 6.06. The van der Waals surface area contributed by atoms with Crippen LogP contribution in [0.15, 0.2) is 24.3 Å². The topological polar surface area (TPSA) is 67.9 Å². The molecule has 2 rings (SSSR count). The highest BCUT2D eigenvalue weighted by atomic mass is 16.5. The van der Waals surface area contributed by atoms with E-state index in [1.165, 1.54) is 12.7 Å². The Balaban J connectivity index is 1.61. The number of aryl methyl sites for hydroxylation is 1. The lowest BCUT2D eigenvalue weighted by Gasteiger charge is -2.32. The Hall–Kier alpha value is -2.24. The van der Waals surface area contributed by atoms with E-state index in [1.807, 2.05) is 36.1 Å². The molecule has 1 aliphatic heterocycles. The molecule has 2 amide bonds. The molecule has 24 heavy (non-hydrogen) atoms. The highest BCUT2D eigenvalue weighted by Gasteiger charge is 2.23. The van der Waals surface area contributed by atoms with E-state index in [1.54, 1.807) is 0 Å². The zero-order chi connectivity index (χ0) is 17.4. The molecule has 1 aromatic carbocycles. The average Bonchev–Trinajstić information content (AvgIpc) is 2.60. The maximum absolute atomic E-state index is 12.2.